The van der Waals surface area contributed by atoms with Crippen LogP contribution in [0.3, 0.4) is 0 Å². The van der Waals surface area contributed by atoms with Crippen LogP contribution in [0.15, 0.2) is 30.6 Å². The van der Waals surface area contributed by atoms with E-state index in [-0.39, 0.29) is 0 Å². The first-order valence-electron chi connectivity index (χ1n) is 11.4. The second-order valence-corrected chi connectivity index (χ2v) is 9.40. The summed E-state index contributed by atoms with van der Waals surface area (Å²) in [5.74, 6) is 1.33. The number of hydrogen-bond acceptors (Lipinski definition) is 1. The van der Waals surface area contributed by atoms with Crippen LogP contribution in [0, 0.1) is 0 Å². The molecule has 1 unspecified atom stereocenters. The summed E-state index contributed by atoms with van der Waals surface area (Å²) in [6.07, 6.45) is 24.6. The van der Waals surface area contributed by atoms with Gasteiger partial charge in [-0.1, -0.05) is 96.5 Å². The number of rotatable bonds is 18. The molecular weight excluding hydrogens is 334 g/mol. The van der Waals surface area contributed by atoms with Crippen LogP contribution in [-0.4, -0.2) is 11.0 Å². The number of pyridine rings is 1. The number of thioether (sulfide) groups is 1. The summed E-state index contributed by atoms with van der Waals surface area (Å²) in [5.41, 5.74) is 0. The first kappa shape index (κ1) is 23.5. The van der Waals surface area contributed by atoms with Gasteiger partial charge in [0.25, 0.3) is 0 Å². The summed E-state index contributed by atoms with van der Waals surface area (Å²) in [6.45, 7) is 5.78. The van der Waals surface area contributed by atoms with Crippen molar-refractivity contribution in [3.8, 4) is 0 Å². The fraction of sp³-hybridized carbons (Fsp3) is 0.792. The molecule has 1 aromatic rings. The van der Waals surface area contributed by atoms with Crippen molar-refractivity contribution in [3.05, 3.63) is 30.6 Å². The van der Waals surface area contributed by atoms with Crippen molar-refractivity contribution in [1.82, 2.24) is 0 Å². The second kappa shape index (κ2) is 17.9. The standard InChI is InChI=1S/C24H44NS/c1-3-4-5-6-7-8-9-10-11-12-13-14-15-19-22-26-24(2)23-25-20-17-16-18-21-25/h16-18,20-21,24H,3-15,19,22-23H2,1-2H3/q+1. The summed E-state index contributed by atoms with van der Waals surface area (Å²) in [6, 6.07) is 6.32. The third-order valence-corrected chi connectivity index (χ3v) is 6.39. The average molecular weight is 379 g/mol. The minimum atomic E-state index is 0.712. The van der Waals surface area contributed by atoms with Crippen molar-refractivity contribution in [2.45, 2.75) is 116 Å². The molecular formula is C24H44NS+. The van der Waals surface area contributed by atoms with E-state index in [1.165, 1.54) is 95.6 Å². The van der Waals surface area contributed by atoms with Crippen molar-refractivity contribution in [2.24, 2.45) is 0 Å². The van der Waals surface area contributed by atoms with Gasteiger partial charge in [0.2, 0.25) is 0 Å². The monoisotopic (exact) mass is 378 g/mol. The highest BCUT2D eigenvalue weighted by molar-refractivity contribution is 7.99. The Bertz CT molecular complexity index is 392. The average Bonchev–Trinajstić information content (AvgIpc) is 2.65. The molecule has 0 aliphatic heterocycles. The van der Waals surface area contributed by atoms with Crippen LogP contribution in [0.25, 0.3) is 0 Å². The molecule has 1 atom stereocenters. The number of unbranched alkanes of at least 4 members (excludes halogenated alkanes) is 13. The third-order valence-electron chi connectivity index (χ3n) is 5.15. The lowest BCUT2D eigenvalue weighted by Gasteiger charge is -2.08. The largest absolute Gasteiger partial charge is 0.204 e. The molecule has 0 N–H and O–H groups in total. The minimum absolute atomic E-state index is 0.712. The van der Waals surface area contributed by atoms with E-state index in [0.29, 0.717) is 5.25 Å². The first-order valence-corrected chi connectivity index (χ1v) is 12.4. The summed E-state index contributed by atoms with van der Waals surface area (Å²) in [4.78, 5) is 0. The second-order valence-electron chi connectivity index (χ2n) is 7.85. The van der Waals surface area contributed by atoms with Crippen molar-refractivity contribution in [1.29, 1.82) is 0 Å². The van der Waals surface area contributed by atoms with Crippen molar-refractivity contribution < 1.29 is 4.57 Å². The van der Waals surface area contributed by atoms with Gasteiger partial charge in [-0.25, -0.2) is 4.57 Å². The van der Waals surface area contributed by atoms with E-state index in [9.17, 15) is 0 Å². The molecule has 0 saturated carbocycles. The van der Waals surface area contributed by atoms with Crippen LogP contribution < -0.4 is 4.57 Å². The maximum Gasteiger partial charge on any atom is 0.168 e. The zero-order chi connectivity index (χ0) is 18.7. The molecule has 2 heteroatoms. The molecule has 0 aromatic carbocycles. The van der Waals surface area contributed by atoms with Crippen LogP contribution in [-0.2, 0) is 6.54 Å². The van der Waals surface area contributed by atoms with E-state index in [4.69, 9.17) is 0 Å². The Morgan fingerprint density at radius 1 is 0.654 bits per heavy atom. The van der Waals surface area contributed by atoms with Crippen molar-refractivity contribution in [2.75, 3.05) is 5.75 Å². The highest BCUT2D eigenvalue weighted by Gasteiger charge is 2.08. The van der Waals surface area contributed by atoms with Gasteiger partial charge >= 0.3 is 0 Å². The van der Waals surface area contributed by atoms with Crippen LogP contribution in [0.2, 0.25) is 0 Å². The predicted molar refractivity (Wildman–Crippen MR) is 119 cm³/mol. The fourth-order valence-corrected chi connectivity index (χ4v) is 4.54. The molecule has 0 aliphatic carbocycles. The summed E-state index contributed by atoms with van der Waals surface area (Å²) < 4.78 is 2.29. The van der Waals surface area contributed by atoms with Gasteiger partial charge in [0, 0.05) is 12.1 Å². The molecule has 1 aromatic heterocycles. The Labute approximate surface area is 168 Å². The van der Waals surface area contributed by atoms with Crippen LogP contribution in [0.1, 0.15) is 104 Å². The maximum absolute atomic E-state index is 2.36. The zero-order valence-electron chi connectivity index (χ0n) is 17.6. The Morgan fingerprint density at radius 2 is 1.12 bits per heavy atom. The van der Waals surface area contributed by atoms with E-state index >= 15 is 0 Å². The van der Waals surface area contributed by atoms with Gasteiger partial charge in [-0.15, -0.1) is 0 Å². The molecule has 0 radical (unpaired) electrons. The molecule has 0 fully saturated rings. The van der Waals surface area contributed by atoms with Crippen LogP contribution in [0.5, 0.6) is 0 Å². The molecule has 0 aliphatic rings. The highest BCUT2D eigenvalue weighted by Crippen LogP contribution is 2.16. The lowest BCUT2D eigenvalue weighted by Crippen LogP contribution is -2.36. The third kappa shape index (κ3) is 14.6. The van der Waals surface area contributed by atoms with Crippen LogP contribution >= 0.6 is 11.8 Å². The zero-order valence-corrected chi connectivity index (χ0v) is 18.4. The van der Waals surface area contributed by atoms with E-state index in [1.54, 1.807) is 0 Å². The number of aromatic nitrogens is 1. The molecule has 150 valence electrons. The lowest BCUT2D eigenvalue weighted by atomic mass is 10.0. The lowest BCUT2D eigenvalue weighted by molar-refractivity contribution is -0.695. The van der Waals surface area contributed by atoms with Crippen molar-refractivity contribution in [3.63, 3.8) is 0 Å². The van der Waals surface area contributed by atoms with Gasteiger partial charge in [0.05, 0.1) is 5.25 Å². The smallest absolute Gasteiger partial charge is 0.168 e. The van der Waals surface area contributed by atoms with Gasteiger partial charge in [0.15, 0.2) is 18.9 Å². The highest BCUT2D eigenvalue weighted by atomic mass is 32.2. The molecule has 0 bridgehead atoms. The maximum atomic E-state index is 2.36. The Balaban J connectivity index is 1.77. The molecule has 0 saturated heterocycles. The topological polar surface area (TPSA) is 3.88 Å². The van der Waals surface area contributed by atoms with E-state index in [1.807, 2.05) is 0 Å². The summed E-state index contributed by atoms with van der Waals surface area (Å²) in [5, 5.41) is 0.712. The van der Waals surface area contributed by atoms with Crippen molar-refractivity contribution >= 4 is 11.8 Å². The molecule has 1 heterocycles. The van der Waals surface area contributed by atoms with E-state index in [2.05, 4.69) is 60.8 Å². The van der Waals surface area contributed by atoms with Gasteiger partial charge in [-0.3, -0.25) is 0 Å². The summed E-state index contributed by atoms with van der Waals surface area (Å²) >= 11 is 2.13. The molecule has 0 amide bonds. The minimum Gasteiger partial charge on any atom is -0.204 e. The first-order chi connectivity index (χ1) is 12.8. The van der Waals surface area contributed by atoms with Gasteiger partial charge in [-0.05, 0) is 19.1 Å². The molecule has 26 heavy (non-hydrogen) atoms. The summed E-state index contributed by atoms with van der Waals surface area (Å²) in [7, 11) is 0. The van der Waals surface area contributed by atoms with E-state index < -0.39 is 0 Å². The molecule has 1 rings (SSSR count). The van der Waals surface area contributed by atoms with Gasteiger partial charge in [-0.2, -0.15) is 11.8 Å². The predicted octanol–water partition coefficient (Wildman–Crippen LogP) is 7.58. The quantitative estimate of drug-likeness (QED) is 0.188. The van der Waals surface area contributed by atoms with Crippen LogP contribution in [0.4, 0.5) is 0 Å². The SMILES string of the molecule is CCCCCCCCCCCCCCCCSC(C)C[n+]1ccccc1. The Kier molecular flexibility index (Phi) is 16.2. The number of nitrogens with zero attached hydrogens (tertiary/aromatic N) is 1. The number of hydrogen-bond donors (Lipinski definition) is 0. The van der Waals surface area contributed by atoms with Gasteiger partial charge < -0.3 is 0 Å². The van der Waals surface area contributed by atoms with E-state index in [0.717, 1.165) is 6.54 Å². The Morgan fingerprint density at radius 3 is 1.62 bits per heavy atom. The van der Waals surface area contributed by atoms with Gasteiger partial charge in [0.1, 0.15) is 0 Å². The fourth-order valence-electron chi connectivity index (χ4n) is 3.49. The normalized spacial score (nSPS) is 12.4. The Hall–Kier alpha value is -0.500. The molecule has 1 nitrogen and oxygen atoms in total. The molecule has 0 spiro atoms.